The van der Waals surface area contributed by atoms with Crippen molar-refractivity contribution in [3.8, 4) is 17.0 Å². The van der Waals surface area contributed by atoms with Gasteiger partial charge >= 0.3 is 0 Å². The van der Waals surface area contributed by atoms with E-state index in [1.165, 1.54) is 6.07 Å². The standard InChI is InChI=1S/C20H16ClN3O2/c1-2-10-24-19(12-6-4-3-5-7-12)16-17(22-23-18(16)20(24)26)14-11-13(21)8-9-15(14)25/h2-9,11,19,25H,1,10H2,(H,22,23). The maximum atomic E-state index is 12.9. The SMILES string of the molecule is C=CCN1C(=O)c2[nH]nc(-c3cc(Cl)ccc3O)c2C1c1ccccc1. The Labute approximate surface area is 155 Å². The van der Waals surface area contributed by atoms with Gasteiger partial charge in [-0.2, -0.15) is 5.10 Å². The van der Waals surface area contributed by atoms with Crippen molar-refractivity contribution < 1.29 is 9.90 Å². The van der Waals surface area contributed by atoms with Gasteiger partial charge in [0.1, 0.15) is 17.1 Å². The number of carbonyl (C=O) groups is 1. The lowest BCUT2D eigenvalue weighted by Crippen LogP contribution is -2.29. The topological polar surface area (TPSA) is 69.2 Å². The molecule has 1 atom stereocenters. The van der Waals surface area contributed by atoms with E-state index in [1.54, 1.807) is 23.1 Å². The predicted octanol–water partition coefficient (Wildman–Crippen LogP) is 4.17. The molecule has 0 saturated heterocycles. The third-order valence-corrected chi connectivity index (χ3v) is 4.75. The van der Waals surface area contributed by atoms with Crippen LogP contribution < -0.4 is 0 Å². The first-order valence-electron chi connectivity index (χ1n) is 8.15. The minimum atomic E-state index is -0.316. The molecule has 6 heteroatoms. The molecule has 2 aromatic carbocycles. The van der Waals surface area contributed by atoms with Crippen molar-refractivity contribution in [1.29, 1.82) is 0 Å². The molecule has 0 radical (unpaired) electrons. The number of phenols is 1. The number of hydrogen-bond donors (Lipinski definition) is 2. The number of nitrogens with one attached hydrogen (secondary N) is 1. The third-order valence-electron chi connectivity index (χ3n) is 4.52. The average molecular weight is 366 g/mol. The second kappa shape index (κ2) is 6.35. The largest absolute Gasteiger partial charge is 0.507 e. The highest BCUT2D eigenvalue weighted by molar-refractivity contribution is 6.31. The number of aromatic hydroxyl groups is 1. The van der Waals surface area contributed by atoms with Crippen molar-refractivity contribution in [2.24, 2.45) is 0 Å². The molecule has 0 saturated carbocycles. The number of benzene rings is 2. The molecule has 1 unspecified atom stereocenters. The fourth-order valence-electron chi connectivity index (χ4n) is 3.41. The first kappa shape index (κ1) is 16.4. The second-order valence-electron chi connectivity index (χ2n) is 6.08. The van der Waals surface area contributed by atoms with E-state index < -0.39 is 0 Å². The van der Waals surface area contributed by atoms with E-state index in [0.29, 0.717) is 28.5 Å². The molecule has 1 amide bonds. The number of fused-ring (bicyclic) bond motifs is 1. The fraction of sp³-hybridized carbons (Fsp3) is 0.100. The van der Waals surface area contributed by atoms with Crippen LogP contribution in [0.5, 0.6) is 5.75 Å². The molecule has 0 bridgehead atoms. The number of aromatic amines is 1. The lowest BCUT2D eigenvalue weighted by molar-refractivity contribution is 0.0764. The van der Waals surface area contributed by atoms with Crippen LogP contribution in [0.4, 0.5) is 0 Å². The van der Waals surface area contributed by atoms with E-state index in [2.05, 4.69) is 16.8 Å². The van der Waals surface area contributed by atoms with Crippen LogP contribution in [0.2, 0.25) is 5.02 Å². The molecule has 4 rings (SSSR count). The molecule has 1 aromatic heterocycles. The molecule has 1 aliphatic rings. The Hall–Kier alpha value is -3.05. The van der Waals surface area contributed by atoms with E-state index in [1.807, 2.05) is 30.3 Å². The Morgan fingerprint density at radius 1 is 1.27 bits per heavy atom. The summed E-state index contributed by atoms with van der Waals surface area (Å²) in [6, 6.07) is 14.2. The zero-order valence-corrected chi connectivity index (χ0v) is 14.6. The molecule has 26 heavy (non-hydrogen) atoms. The van der Waals surface area contributed by atoms with Crippen LogP contribution in [0.1, 0.15) is 27.7 Å². The molecular formula is C20H16ClN3O2. The van der Waals surface area contributed by atoms with Crippen LogP contribution in [-0.4, -0.2) is 32.7 Å². The van der Waals surface area contributed by atoms with Crippen LogP contribution in [0, 0.1) is 0 Å². The molecule has 2 heterocycles. The Morgan fingerprint density at radius 3 is 2.77 bits per heavy atom. The van der Waals surface area contributed by atoms with Gasteiger partial charge in [-0.05, 0) is 23.8 Å². The summed E-state index contributed by atoms with van der Waals surface area (Å²) in [5.41, 5.74) is 3.14. The predicted molar refractivity (Wildman–Crippen MR) is 100 cm³/mol. The van der Waals surface area contributed by atoms with Crippen molar-refractivity contribution >= 4 is 17.5 Å². The van der Waals surface area contributed by atoms with Crippen LogP contribution >= 0.6 is 11.6 Å². The van der Waals surface area contributed by atoms with E-state index >= 15 is 0 Å². The molecule has 2 N–H and O–H groups in total. The van der Waals surface area contributed by atoms with Crippen molar-refractivity contribution in [1.82, 2.24) is 15.1 Å². The highest BCUT2D eigenvalue weighted by atomic mass is 35.5. The maximum absolute atomic E-state index is 12.9. The van der Waals surface area contributed by atoms with Crippen molar-refractivity contribution in [3.63, 3.8) is 0 Å². The third kappa shape index (κ3) is 2.48. The number of rotatable bonds is 4. The Kier molecular flexibility index (Phi) is 4.01. The van der Waals surface area contributed by atoms with Gasteiger partial charge in [0.15, 0.2) is 0 Å². The van der Waals surface area contributed by atoms with Gasteiger partial charge in [0.05, 0.1) is 6.04 Å². The summed E-state index contributed by atoms with van der Waals surface area (Å²) in [5.74, 6) is -0.0841. The van der Waals surface area contributed by atoms with Crippen LogP contribution in [0.3, 0.4) is 0 Å². The smallest absolute Gasteiger partial charge is 0.273 e. The van der Waals surface area contributed by atoms with Crippen molar-refractivity contribution in [3.05, 3.63) is 83.0 Å². The number of nitrogens with zero attached hydrogens (tertiary/aromatic N) is 2. The van der Waals surface area contributed by atoms with Gasteiger partial charge in [-0.25, -0.2) is 0 Å². The fourth-order valence-corrected chi connectivity index (χ4v) is 3.58. The van der Waals surface area contributed by atoms with E-state index in [4.69, 9.17) is 11.6 Å². The summed E-state index contributed by atoms with van der Waals surface area (Å²) in [5, 5.41) is 17.9. The molecule has 5 nitrogen and oxygen atoms in total. The molecule has 130 valence electrons. The number of phenolic OH excluding ortho intramolecular Hbond substituents is 1. The number of amides is 1. The number of hydrogen-bond acceptors (Lipinski definition) is 3. The van der Waals surface area contributed by atoms with Crippen molar-refractivity contribution in [2.75, 3.05) is 6.54 Å². The highest BCUT2D eigenvalue weighted by Crippen LogP contribution is 2.44. The van der Waals surface area contributed by atoms with Gasteiger partial charge in [-0.15, -0.1) is 6.58 Å². The number of carbonyl (C=O) groups excluding carboxylic acids is 1. The minimum Gasteiger partial charge on any atom is -0.507 e. The van der Waals surface area contributed by atoms with Gasteiger partial charge in [0, 0.05) is 22.7 Å². The zero-order chi connectivity index (χ0) is 18.3. The molecular weight excluding hydrogens is 350 g/mol. The second-order valence-corrected chi connectivity index (χ2v) is 6.52. The summed E-state index contributed by atoms with van der Waals surface area (Å²) in [6.45, 7) is 4.17. The Morgan fingerprint density at radius 2 is 2.04 bits per heavy atom. The summed E-state index contributed by atoms with van der Waals surface area (Å²) < 4.78 is 0. The number of H-pyrrole nitrogens is 1. The molecule has 0 fully saturated rings. The van der Waals surface area contributed by atoms with Gasteiger partial charge < -0.3 is 10.0 Å². The van der Waals surface area contributed by atoms with E-state index in [0.717, 1.165) is 11.1 Å². The monoisotopic (exact) mass is 365 g/mol. The van der Waals surface area contributed by atoms with Gasteiger partial charge in [0.25, 0.3) is 5.91 Å². The van der Waals surface area contributed by atoms with Crippen LogP contribution in [0.15, 0.2) is 61.2 Å². The normalized spacial score (nSPS) is 16.0. The molecule has 0 spiro atoms. The van der Waals surface area contributed by atoms with Gasteiger partial charge in [0.2, 0.25) is 0 Å². The van der Waals surface area contributed by atoms with Gasteiger partial charge in [-0.3, -0.25) is 9.89 Å². The molecule has 3 aromatic rings. The van der Waals surface area contributed by atoms with E-state index in [9.17, 15) is 9.90 Å². The molecule has 1 aliphatic heterocycles. The highest BCUT2D eigenvalue weighted by Gasteiger charge is 2.41. The average Bonchev–Trinajstić information content (AvgIpc) is 3.18. The summed E-state index contributed by atoms with van der Waals surface area (Å²) in [4.78, 5) is 14.6. The summed E-state index contributed by atoms with van der Waals surface area (Å²) >= 11 is 6.11. The quantitative estimate of drug-likeness (QED) is 0.682. The lowest BCUT2D eigenvalue weighted by Gasteiger charge is -2.25. The summed E-state index contributed by atoms with van der Waals surface area (Å²) in [6.07, 6.45) is 1.70. The Bertz CT molecular complexity index is 998. The summed E-state index contributed by atoms with van der Waals surface area (Å²) in [7, 11) is 0. The lowest BCUT2D eigenvalue weighted by atomic mass is 9.96. The molecule has 0 aliphatic carbocycles. The Balaban J connectivity index is 1.94. The maximum Gasteiger partial charge on any atom is 0.273 e. The van der Waals surface area contributed by atoms with E-state index in [-0.39, 0.29) is 17.7 Å². The first-order valence-corrected chi connectivity index (χ1v) is 8.53. The number of halogens is 1. The van der Waals surface area contributed by atoms with Crippen molar-refractivity contribution in [2.45, 2.75) is 6.04 Å². The van der Waals surface area contributed by atoms with Crippen LogP contribution in [0.25, 0.3) is 11.3 Å². The minimum absolute atomic E-state index is 0.0603. The van der Waals surface area contributed by atoms with Gasteiger partial charge in [-0.1, -0.05) is 48.0 Å². The zero-order valence-electron chi connectivity index (χ0n) is 13.8. The first-order chi connectivity index (χ1) is 12.6. The number of aromatic nitrogens is 2. The van der Waals surface area contributed by atoms with Crippen LogP contribution in [-0.2, 0) is 0 Å².